The molecule has 0 radical (unpaired) electrons. The van der Waals surface area contributed by atoms with Crippen LogP contribution in [0, 0.1) is 0 Å². The number of carboxylic acids is 1. The van der Waals surface area contributed by atoms with Gasteiger partial charge in [-0.1, -0.05) is 0 Å². The van der Waals surface area contributed by atoms with E-state index in [4.69, 9.17) is 0 Å². The first-order valence-corrected chi connectivity index (χ1v) is 5.01. The Morgan fingerprint density at radius 2 is 2.58 bits per heavy atom. The summed E-state index contributed by atoms with van der Waals surface area (Å²) in [5, 5.41) is 15.0. The van der Waals surface area contributed by atoms with Gasteiger partial charge in [-0.2, -0.15) is 0 Å². The Labute approximate surface area is 118 Å². The van der Waals surface area contributed by atoms with Crippen molar-refractivity contribution in [2.45, 2.75) is 12.5 Å². The summed E-state index contributed by atoms with van der Waals surface area (Å²) in [5.41, 5.74) is 0. The number of carbonyl (C=O) groups is 1. The van der Waals surface area contributed by atoms with E-state index in [1.807, 2.05) is 5.07 Å². The molecular weight excluding hydrogens is 250 g/mol. The number of fused-ring (bicyclic) bond motifs is 1. The maximum absolute atomic E-state index is 10.4. The fourth-order valence-electron chi connectivity index (χ4n) is 1.08. The second kappa shape index (κ2) is 4.37. The first-order chi connectivity index (χ1) is 5.27. The summed E-state index contributed by atoms with van der Waals surface area (Å²) in [6, 6.07) is -0.542. The number of nitrogens with one attached hydrogen (secondary N) is 1. The van der Waals surface area contributed by atoms with Gasteiger partial charge in [-0.25, -0.2) is 0 Å². The van der Waals surface area contributed by atoms with Crippen molar-refractivity contribution >= 4 is 26.3 Å². The number of carboxylic acid groups (broad SMARTS) is 1. The molecule has 0 saturated carbocycles. The van der Waals surface area contributed by atoms with Gasteiger partial charge < -0.3 is 0 Å². The second-order valence-electron chi connectivity index (χ2n) is 2.34. The first kappa shape index (κ1) is 10.9. The van der Waals surface area contributed by atoms with Crippen LogP contribution < -0.4 is 61.8 Å². The molecule has 0 fully saturated rings. The van der Waals surface area contributed by atoms with Gasteiger partial charge >= 0.3 is 120 Å². The third-order valence-electron chi connectivity index (χ3n) is 1.63. The zero-order chi connectivity index (χ0) is 7.84. The smallest absolute Gasteiger partial charge is 1.00 e. The van der Waals surface area contributed by atoms with Crippen molar-refractivity contribution in [3.63, 3.8) is 0 Å². The van der Waals surface area contributed by atoms with E-state index in [9.17, 15) is 9.90 Å². The minimum atomic E-state index is -1.04. The number of aliphatic carboxylic acids is 1. The summed E-state index contributed by atoms with van der Waals surface area (Å²) in [6.45, 7) is 0. The van der Waals surface area contributed by atoms with E-state index < -0.39 is 12.0 Å². The summed E-state index contributed by atoms with van der Waals surface area (Å²) < 4.78 is 1.15. The van der Waals surface area contributed by atoms with Gasteiger partial charge in [0, 0.05) is 0 Å². The Kier molecular flexibility index (Phi) is 3.97. The molecule has 0 saturated heterocycles. The summed E-state index contributed by atoms with van der Waals surface area (Å²) in [7, 11) is 0. The molecule has 1 aromatic rings. The Hall–Kier alpha value is 0.836. The average molecular weight is 255 g/mol. The van der Waals surface area contributed by atoms with E-state index >= 15 is 0 Å². The zero-order valence-corrected chi connectivity index (χ0v) is 11.4. The monoisotopic (exact) mass is 256 g/mol. The van der Waals surface area contributed by atoms with Crippen LogP contribution in [0.4, 0.5) is 5.82 Å². The fourth-order valence-corrected chi connectivity index (χ4v) is 2.70. The summed E-state index contributed by atoms with van der Waals surface area (Å²) in [4.78, 5) is 14.4. The third-order valence-corrected chi connectivity index (χ3v) is 3.42. The molecule has 1 aliphatic rings. The van der Waals surface area contributed by atoms with Crippen LogP contribution >= 0.6 is 0 Å². The second-order valence-corrected chi connectivity index (χ2v) is 4.31. The predicted octanol–water partition coefficient (Wildman–Crippen LogP) is -4.77. The molecule has 0 aromatic carbocycles. The normalized spacial score (nSPS) is 19.2. The molecule has 0 bridgehead atoms. The molecule has 2 rings (SSSR count). The number of nitrogens with zero attached hydrogens (tertiary/aromatic N) is 1. The van der Waals surface area contributed by atoms with Gasteiger partial charge in [-0.05, 0) is 0 Å². The molecule has 0 spiro atoms. The Morgan fingerprint density at radius 3 is 3.17 bits per heavy atom. The zero-order valence-electron chi connectivity index (χ0n) is 6.53. The van der Waals surface area contributed by atoms with Gasteiger partial charge in [0.25, 0.3) is 0 Å². The van der Waals surface area contributed by atoms with Crippen molar-refractivity contribution in [3.05, 3.63) is 9.51 Å². The van der Waals surface area contributed by atoms with Crippen LogP contribution in [0.2, 0.25) is 0 Å². The molecule has 6 heteroatoms. The van der Waals surface area contributed by atoms with E-state index in [2.05, 4.69) is 10.3 Å². The molecule has 58 valence electrons. The minimum Gasteiger partial charge on any atom is 1.00 e. The molecule has 12 heavy (non-hydrogen) atoms. The number of anilines is 1. The standard InChI is InChI=1S/C6H6N2O2Se.K/c9-6(10)3-1-4-5(8-3)7-2-11-4;/h2-3,8H,1H2,(H,9,10);/q;+1/p-1. The maximum Gasteiger partial charge on any atom is 1.00 e. The van der Waals surface area contributed by atoms with Crippen LogP contribution in [-0.4, -0.2) is 31.5 Å². The topological polar surface area (TPSA) is 65.0 Å². The average Bonchev–Trinajstić information content (AvgIpc) is 2.40. The molecule has 1 N–H and O–H groups in total. The van der Waals surface area contributed by atoms with Gasteiger partial charge in [-0.3, -0.25) is 0 Å². The Bertz CT molecular complexity index is 281. The van der Waals surface area contributed by atoms with E-state index in [-0.39, 0.29) is 65.9 Å². The number of rotatable bonds is 1. The molecule has 1 unspecified atom stereocenters. The number of carbonyl (C=O) groups excluding carboxylic acids is 1. The van der Waals surface area contributed by atoms with Crippen molar-refractivity contribution in [1.29, 1.82) is 0 Å². The molecule has 1 aliphatic heterocycles. The SMILES string of the molecule is O=C([O-])C1Cc2[se]cnc2N1.[K+]. The molecule has 1 atom stereocenters. The van der Waals surface area contributed by atoms with Crippen molar-refractivity contribution in [1.82, 2.24) is 4.98 Å². The molecular formula is C6H5KN2O2Se. The molecule has 4 nitrogen and oxygen atoms in total. The first-order valence-electron chi connectivity index (χ1n) is 3.17. The van der Waals surface area contributed by atoms with Crippen LogP contribution in [0.5, 0.6) is 0 Å². The summed E-state index contributed by atoms with van der Waals surface area (Å²) >= 11 is 0.270. The molecule has 2 heterocycles. The maximum atomic E-state index is 10.4. The van der Waals surface area contributed by atoms with Crippen LogP contribution in [0.3, 0.4) is 0 Å². The van der Waals surface area contributed by atoms with Gasteiger partial charge in [0.2, 0.25) is 0 Å². The number of hydrogen-bond donors (Lipinski definition) is 1. The van der Waals surface area contributed by atoms with Gasteiger partial charge in [0.15, 0.2) is 0 Å². The van der Waals surface area contributed by atoms with Crippen LogP contribution in [0.1, 0.15) is 4.44 Å². The van der Waals surface area contributed by atoms with E-state index in [1.54, 1.807) is 0 Å². The van der Waals surface area contributed by atoms with E-state index in [0.717, 1.165) is 10.3 Å². The molecule has 1 aromatic heterocycles. The molecule has 0 aliphatic carbocycles. The van der Waals surface area contributed by atoms with Crippen molar-refractivity contribution in [2.24, 2.45) is 0 Å². The summed E-state index contributed by atoms with van der Waals surface area (Å²) in [6.07, 6.45) is 0.567. The Balaban J connectivity index is 0.000000720. The summed E-state index contributed by atoms with van der Waals surface area (Å²) in [5.74, 6) is -0.274. The van der Waals surface area contributed by atoms with Crippen molar-refractivity contribution in [3.8, 4) is 0 Å². The predicted molar refractivity (Wildman–Crippen MR) is 37.3 cm³/mol. The number of aromatic nitrogens is 1. The Morgan fingerprint density at radius 1 is 1.83 bits per heavy atom. The van der Waals surface area contributed by atoms with E-state index in [0.29, 0.717) is 6.42 Å². The quantitative estimate of drug-likeness (QED) is 0.512. The van der Waals surface area contributed by atoms with Gasteiger partial charge in [0.1, 0.15) is 0 Å². The van der Waals surface area contributed by atoms with Gasteiger partial charge in [-0.15, -0.1) is 0 Å². The third kappa shape index (κ3) is 2.01. The largest absolute Gasteiger partial charge is 1.00 e. The molecule has 0 amide bonds. The number of hydrogen-bond acceptors (Lipinski definition) is 4. The van der Waals surface area contributed by atoms with E-state index in [1.165, 1.54) is 0 Å². The fraction of sp³-hybridized carbons (Fsp3) is 0.333. The van der Waals surface area contributed by atoms with Crippen molar-refractivity contribution < 1.29 is 61.3 Å². The minimum absolute atomic E-state index is 0. The van der Waals surface area contributed by atoms with Crippen LogP contribution in [0.25, 0.3) is 0 Å². The van der Waals surface area contributed by atoms with Gasteiger partial charge in [0.05, 0.1) is 0 Å². The van der Waals surface area contributed by atoms with Crippen LogP contribution in [-0.2, 0) is 11.2 Å². The van der Waals surface area contributed by atoms with Crippen molar-refractivity contribution in [2.75, 3.05) is 5.32 Å². The van der Waals surface area contributed by atoms with Crippen LogP contribution in [0.15, 0.2) is 5.07 Å².